The third-order valence-corrected chi connectivity index (χ3v) is 4.91. The van der Waals surface area contributed by atoms with Crippen LogP contribution in [0.1, 0.15) is 47.5 Å². The lowest BCUT2D eigenvalue weighted by Gasteiger charge is -2.39. The molecule has 2 saturated heterocycles. The van der Waals surface area contributed by atoms with Crippen LogP contribution in [0.15, 0.2) is 24.3 Å². The predicted molar refractivity (Wildman–Crippen MR) is 79.5 cm³/mol. The van der Waals surface area contributed by atoms with Gasteiger partial charge in [0.15, 0.2) is 0 Å². The van der Waals surface area contributed by atoms with Gasteiger partial charge in [-0.15, -0.1) is 0 Å². The summed E-state index contributed by atoms with van der Waals surface area (Å²) in [4.78, 5) is 13.9. The summed E-state index contributed by atoms with van der Waals surface area (Å²) in [6, 6.07) is 9.19. The zero-order valence-electron chi connectivity index (χ0n) is 11.8. The fourth-order valence-electron chi connectivity index (χ4n) is 4.01. The Balaban J connectivity index is 1.77. The lowest BCUT2D eigenvalue weighted by atomic mass is 9.84. The zero-order valence-corrected chi connectivity index (χ0v) is 11.8. The molecule has 0 aliphatic carbocycles. The average Bonchev–Trinajstić information content (AvgIpc) is 2.70. The van der Waals surface area contributed by atoms with E-state index in [9.17, 15) is 4.79 Å². The smallest absolute Gasteiger partial charge is 0.248 e. The highest BCUT2D eigenvalue weighted by Gasteiger charge is 2.40. The number of hydrogen-bond donors (Lipinski definition) is 2. The molecular weight excluding hydrogens is 250 g/mol. The summed E-state index contributed by atoms with van der Waals surface area (Å²) in [6.45, 7) is 1.76. The van der Waals surface area contributed by atoms with Gasteiger partial charge in [-0.05, 0) is 49.3 Å². The van der Waals surface area contributed by atoms with Crippen molar-refractivity contribution >= 4 is 5.91 Å². The van der Waals surface area contributed by atoms with Crippen LogP contribution in [0.5, 0.6) is 0 Å². The molecule has 3 rings (SSSR count). The van der Waals surface area contributed by atoms with Gasteiger partial charge in [0.05, 0.1) is 0 Å². The van der Waals surface area contributed by atoms with E-state index in [4.69, 9.17) is 11.5 Å². The normalized spacial score (nSPS) is 29.6. The van der Waals surface area contributed by atoms with Crippen LogP contribution in [-0.2, 0) is 0 Å². The second-order valence-electron chi connectivity index (χ2n) is 6.07. The summed E-state index contributed by atoms with van der Waals surface area (Å²) in [6.07, 6.45) is 4.94. The molecular formula is C16H23N3O. The summed E-state index contributed by atoms with van der Waals surface area (Å²) in [7, 11) is 0. The molecule has 20 heavy (non-hydrogen) atoms. The molecule has 4 N–H and O–H groups in total. The molecule has 1 aromatic rings. The quantitative estimate of drug-likeness (QED) is 0.872. The summed E-state index contributed by atoms with van der Waals surface area (Å²) >= 11 is 0. The standard InChI is InChI=1S/C16H23N3O/c17-6-7-19-14-4-5-15(19)10-13(9-14)11-2-1-3-12(8-11)16(18)20/h1-3,8,13-15H,4-7,9-10,17H2,(H2,18,20)/t13-,14+,15?/m1/s1. The lowest BCUT2D eigenvalue weighted by molar-refractivity contribution is 0.1000. The molecule has 4 heteroatoms. The molecule has 0 spiro atoms. The van der Waals surface area contributed by atoms with Crippen molar-refractivity contribution in [1.82, 2.24) is 4.90 Å². The van der Waals surface area contributed by atoms with Crippen molar-refractivity contribution < 1.29 is 4.79 Å². The minimum atomic E-state index is -0.338. The molecule has 1 aromatic carbocycles. The molecule has 0 saturated carbocycles. The number of carbonyl (C=O) groups is 1. The van der Waals surface area contributed by atoms with Gasteiger partial charge < -0.3 is 11.5 Å². The minimum Gasteiger partial charge on any atom is -0.366 e. The van der Waals surface area contributed by atoms with E-state index in [2.05, 4.69) is 11.0 Å². The van der Waals surface area contributed by atoms with E-state index in [0.29, 0.717) is 23.6 Å². The maximum absolute atomic E-state index is 11.3. The SMILES string of the molecule is NCCN1C2CC[C@H]1C[C@@H](c1cccc(C(N)=O)c1)C2. The molecule has 2 aliphatic rings. The van der Waals surface area contributed by atoms with Crippen molar-refractivity contribution in [3.8, 4) is 0 Å². The van der Waals surface area contributed by atoms with E-state index < -0.39 is 0 Å². The number of nitrogens with zero attached hydrogens (tertiary/aromatic N) is 1. The summed E-state index contributed by atoms with van der Waals surface area (Å²) in [5.74, 6) is 0.219. The fourth-order valence-corrected chi connectivity index (χ4v) is 4.01. The van der Waals surface area contributed by atoms with E-state index in [1.807, 2.05) is 12.1 Å². The maximum atomic E-state index is 11.3. The molecule has 2 bridgehead atoms. The van der Waals surface area contributed by atoms with Gasteiger partial charge in [-0.1, -0.05) is 12.1 Å². The van der Waals surface area contributed by atoms with Gasteiger partial charge in [0.1, 0.15) is 0 Å². The number of carbonyl (C=O) groups excluding carboxylic acids is 1. The first-order valence-electron chi connectivity index (χ1n) is 7.54. The second kappa shape index (κ2) is 5.54. The number of benzene rings is 1. The molecule has 0 radical (unpaired) electrons. The van der Waals surface area contributed by atoms with E-state index in [-0.39, 0.29) is 5.91 Å². The first-order chi connectivity index (χ1) is 9.69. The third kappa shape index (κ3) is 2.45. The average molecular weight is 273 g/mol. The van der Waals surface area contributed by atoms with Crippen molar-refractivity contribution in [2.75, 3.05) is 13.1 Å². The van der Waals surface area contributed by atoms with Crippen LogP contribution in [0.2, 0.25) is 0 Å². The Hall–Kier alpha value is -1.39. The van der Waals surface area contributed by atoms with Crippen molar-refractivity contribution in [3.05, 3.63) is 35.4 Å². The Morgan fingerprint density at radius 1 is 1.25 bits per heavy atom. The topological polar surface area (TPSA) is 72.3 Å². The first kappa shape index (κ1) is 13.6. The number of piperidine rings is 1. The fraction of sp³-hybridized carbons (Fsp3) is 0.562. The van der Waals surface area contributed by atoms with Crippen molar-refractivity contribution in [3.63, 3.8) is 0 Å². The van der Waals surface area contributed by atoms with Gasteiger partial charge in [0.25, 0.3) is 0 Å². The van der Waals surface area contributed by atoms with E-state index in [1.54, 1.807) is 6.07 Å². The van der Waals surface area contributed by atoms with Gasteiger partial charge in [0, 0.05) is 30.7 Å². The number of rotatable bonds is 4. The monoisotopic (exact) mass is 273 g/mol. The van der Waals surface area contributed by atoms with Crippen LogP contribution in [0.25, 0.3) is 0 Å². The molecule has 3 atom stereocenters. The van der Waals surface area contributed by atoms with Crippen LogP contribution >= 0.6 is 0 Å². The number of fused-ring (bicyclic) bond motifs is 2. The van der Waals surface area contributed by atoms with Crippen molar-refractivity contribution in [2.45, 2.75) is 43.7 Å². The second-order valence-corrected chi connectivity index (χ2v) is 6.07. The molecule has 1 unspecified atom stereocenters. The van der Waals surface area contributed by atoms with E-state index in [0.717, 1.165) is 13.1 Å². The molecule has 108 valence electrons. The van der Waals surface area contributed by atoms with Gasteiger partial charge in [-0.2, -0.15) is 0 Å². The Morgan fingerprint density at radius 2 is 1.95 bits per heavy atom. The maximum Gasteiger partial charge on any atom is 0.248 e. The molecule has 4 nitrogen and oxygen atoms in total. The number of hydrogen-bond acceptors (Lipinski definition) is 3. The summed E-state index contributed by atoms with van der Waals surface area (Å²) in [5.41, 5.74) is 13.0. The summed E-state index contributed by atoms with van der Waals surface area (Å²) < 4.78 is 0. The Morgan fingerprint density at radius 3 is 2.55 bits per heavy atom. The third-order valence-electron chi connectivity index (χ3n) is 4.91. The van der Waals surface area contributed by atoms with Gasteiger partial charge in [-0.3, -0.25) is 9.69 Å². The zero-order chi connectivity index (χ0) is 14.1. The van der Waals surface area contributed by atoms with E-state index in [1.165, 1.54) is 31.2 Å². The van der Waals surface area contributed by atoms with Gasteiger partial charge in [-0.25, -0.2) is 0 Å². The predicted octanol–water partition coefficient (Wildman–Crippen LogP) is 1.45. The van der Waals surface area contributed by atoms with E-state index >= 15 is 0 Å². The van der Waals surface area contributed by atoms with Gasteiger partial charge >= 0.3 is 0 Å². The molecule has 2 fully saturated rings. The highest BCUT2D eigenvalue weighted by Crippen LogP contribution is 2.42. The molecule has 1 amide bonds. The van der Waals surface area contributed by atoms with Crippen LogP contribution < -0.4 is 11.5 Å². The minimum absolute atomic E-state index is 0.338. The van der Waals surface area contributed by atoms with Crippen LogP contribution in [-0.4, -0.2) is 36.0 Å². The van der Waals surface area contributed by atoms with Gasteiger partial charge in [0.2, 0.25) is 5.91 Å². The molecule has 0 aromatic heterocycles. The lowest BCUT2D eigenvalue weighted by Crippen LogP contribution is -2.44. The van der Waals surface area contributed by atoms with Crippen LogP contribution in [0.3, 0.4) is 0 Å². The van der Waals surface area contributed by atoms with Crippen molar-refractivity contribution in [1.29, 1.82) is 0 Å². The van der Waals surface area contributed by atoms with Crippen LogP contribution in [0.4, 0.5) is 0 Å². The summed E-state index contributed by atoms with van der Waals surface area (Å²) in [5, 5.41) is 0. The molecule has 2 heterocycles. The highest BCUT2D eigenvalue weighted by atomic mass is 16.1. The first-order valence-corrected chi connectivity index (χ1v) is 7.54. The number of nitrogens with two attached hydrogens (primary N) is 2. The highest BCUT2D eigenvalue weighted by molar-refractivity contribution is 5.92. The number of amides is 1. The largest absolute Gasteiger partial charge is 0.366 e. The van der Waals surface area contributed by atoms with Crippen LogP contribution in [0, 0.1) is 0 Å². The molecule has 2 aliphatic heterocycles. The Labute approximate surface area is 120 Å². The Bertz CT molecular complexity index is 488. The Kier molecular flexibility index (Phi) is 3.76. The van der Waals surface area contributed by atoms with Crippen molar-refractivity contribution in [2.24, 2.45) is 11.5 Å². The number of primary amides is 1.